The Balaban J connectivity index is 0.000000271. The molecule has 0 fully saturated rings. The van der Waals surface area contributed by atoms with Crippen LogP contribution in [0, 0.1) is 6.57 Å². The van der Waals surface area contributed by atoms with Crippen LogP contribution in [0.15, 0.2) is 23.1 Å². The first kappa shape index (κ1) is 20.7. The molecule has 0 bridgehead atoms. The maximum Gasteiger partial charge on any atom is 0.259 e. The summed E-state index contributed by atoms with van der Waals surface area (Å²) >= 11 is 3.10. The lowest BCUT2D eigenvalue weighted by Crippen LogP contribution is -2.00. The quantitative estimate of drug-likeness (QED) is 0.312. The van der Waals surface area contributed by atoms with E-state index in [1.165, 1.54) is 17.7 Å². The van der Waals surface area contributed by atoms with Gasteiger partial charge in [0.05, 0.1) is 17.6 Å². The van der Waals surface area contributed by atoms with Gasteiger partial charge >= 0.3 is 0 Å². The Kier molecular flexibility index (Phi) is 8.03. The monoisotopic (exact) mass is 405 g/mol. The molecular weight excluding hydrogens is 380 g/mol. The number of nitrogens with zero attached hydrogens (tertiary/aromatic N) is 5. The minimum Gasteiger partial charge on any atom is -0.397 e. The van der Waals surface area contributed by atoms with E-state index in [9.17, 15) is 0 Å². The van der Waals surface area contributed by atoms with Gasteiger partial charge in [0.25, 0.3) is 5.69 Å². The van der Waals surface area contributed by atoms with Gasteiger partial charge in [-0.05, 0) is 19.6 Å². The van der Waals surface area contributed by atoms with Gasteiger partial charge in [0, 0.05) is 19.9 Å². The summed E-state index contributed by atoms with van der Waals surface area (Å²) in [4.78, 5) is 20.8. The molecule has 0 aliphatic rings. The first-order chi connectivity index (χ1) is 13.2. The van der Waals surface area contributed by atoms with Crippen LogP contribution in [0.2, 0.25) is 0 Å². The third-order valence-electron chi connectivity index (χ3n) is 3.27. The Morgan fingerprint density at radius 2 is 1.78 bits per heavy atom. The number of aromatic nitrogens is 4. The summed E-state index contributed by atoms with van der Waals surface area (Å²) < 4.78 is 0. The van der Waals surface area contributed by atoms with Crippen molar-refractivity contribution in [3.63, 3.8) is 0 Å². The number of anilines is 3. The lowest BCUT2D eigenvalue weighted by Gasteiger charge is -2.06. The highest BCUT2D eigenvalue weighted by molar-refractivity contribution is 7.99. The molecule has 0 radical (unpaired) electrons. The summed E-state index contributed by atoms with van der Waals surface area (Å²) in [6, 6.07) is 0. The van der Waals surface area contributed by atoms with E-state index in [2.05, 4.69) is 35.4 Å². The molecule has 27 heavy (non-hydrogen) atoms. The molecule has 0 aliphatic carbocycles. The summed E-state index contributed by atoms with van der Waals surface area (Å²) in [7, 11) is 0. The predicted molar refractivity (Wildman–Crippen MR) is 117 cm³/mol. The van der Waals surface area contributed by atoms with E-state index in [4.69, 9.17) is 12.3 Å². The SMILES string of the molecule is CCNc1ncnc2scc(N)c12.[2HH].[C-]#[N+]c1c(NCC)ncnc1SCC. The largest absolute Gasteiger partial charge is 0.397 e. The molecule has 0 aromatic carbocycles. The lowest BCUT2D eigenvalue weighted by molar-refractivity contribution is 1.04. The second-order valence-electron chi connectivity index (χ2n) is 5.07. The standard InChI is InChI=1S/C9H12N4S.C8H10N4S.H2/c1-4-11-8-7(10-3)9(14-5-2)13-6-12-8;1-2-10-7-6-5(9)3-13-8(6)12-4-11-7;/h6H,4-5H2,1-2H3,(H,11,12,13);3-4H,2,9H2,1H3,(H,10,11,12);1H/i;;1+1. The summed E-state index contributed by atoms with van der Waals surface area (Å²) in [6.07, 6.45) is 3.04. The Hall–Kier alpha value is -2.64. The van der Waals surface area contributed by atoms with E-state index < -0.39 is 0 Å². The van der Waals surface area contributed by atoms with Crippen molar-refractivity contribution in [2.75, 3.05) is 35.2 Å². The van der Waals surface area contributed by atoms with Gasteiger partial charge in [-0.2, -0.15) is 0 Å². The zero-order valence-electron chi connectivity index (χ0n) is 15.5. The molecule has 144 valence electrons. The van der Waals surface area contributed by atoms with E-state index in [0.717, 1.165) is 45.6 Å². The number of hydrogen-bond donors (Lipinski definition) is 3. The Morgan fingerprint density at radius 1 is 1.11 bits per heavy atom. The van der Waals surface area contributed by atoms with Crippen LogP contribution in [0.25, 0.3) is 15.1 Å². The first-order valence-corrected chi connectivity index (χ1v) is 10.3. The molecule has 0 amide bonds. The van der Waals surface area contributed by atoms with Gasteiger partial charge in [-0.3, -0.25) is 0 Å². The molecule has 4 N–H and O–H groups in total. The van der Waals surface area contributed by atoms with Crippen LogP contribution in [0.1, 0.15) is 22.2 Å². The van der Waals surface area contributed by atoms with Gasteiger partial charge < -0.3 is 16.4 Å². The average molecular weight is 406 g/mol. The molecule has 8 nitrogen and oxygen atoms in total. The van der Waals surface area contributed by atoms with E-state index in [-0.39, 0.29) is 1.43 Å². The highest BCUT2D eigenvalue weighted by Crippen LogP contribution is 2.32. The zero-order chi connectivity index (χ0) is 19.6. The van der Waals surface area contributed by atoms with E-state index in [1.807, 2.05) is 26.2 Å². The molecular formula is C17H24N8S2. The minimum absolute atomic E-state index is 0. The highest BCUT2D eigenvalue weighted by Gasteiger charge is 2.10. The number of fused-ring (bicyclic) bond motifs is 1. The average Bonchev–Trinajstić information content (AvgIpc) is 3.06. The topological polar surface area (TPSA) is 106 Å². The molecule has 3 rings (SSSR count). The van der Waals surface area contributed by atoms with Crippen LogP contribution in [0.3, 0.4) is 0 Å². The Labute approximate surface area is 168 Å². The van der Waals surface area contributed by atoms with Gasteiger partial charge in [0.15, 0.2) is 0 Å². The molecule has 0 aliphatic heterocycles. The molecule has 0 saturated carbocycles. The molecule has 3 aromatic rings. The van der Waals surface area contributed by atoms with Crippen molar-refractivity contribution in [2.24, 2.45) is 0 Å². The third kappa shape index (κ3) is 5.18. The Morgan fingerprint density at radius 3 is 2.44 bits per heavy atom. The Bertz CT molecular complexity index is 901. The third-order valence-corrected chi connectivity index (χ3v) is 5.03. The normalized spacial score (nSPS) is 10.0. The molecule has 0 unspecified atom stereocenters. The number of nitrogens with one attached hydrogen (secondary N) is 2. The summed E-state index contributed by atoms with van der Waals surface area (Å²) in [5.74, 6) is 2.37. The fourth-order valence-corrected chi connectivity index (χ4v) is 3.67. The minimum atomic E-state index is 0. The van der Waals surface area contributed by atoms with Gasteiger partial charge in [-0.25, -0.2) is 24.8 Å². The maximum atomic E-state index is 7.07. The number of rotatable bonds is 6. The highest BCUT2D eigenvalue weighted by atomic mass is 32.2. The van der Waals surface area contributed by atoms with Crippen LogP contribution in [-0.2, 0) is 0 Å². The van der Waals surface area contributed by atoms with Crippen LogP contribution < -0.4 is 16.4 Å². The van der Waals surface area contributed by atoms with Crippen molar-refractivity contribution in [1.82, 2.24) is 19.9 Å². The van der Waals surface area contributed by atoms with Crippen molar-refractivity contribution in [2.45, 2.75) is 25.8 Å². The summed E-state index contributed by atoms with van der Waals surface area (Å²) in [6.45, 7) is 14.7. The molecule has 3 aromatic heterocycles. The molecule has 0 atom stereocenters. The molecule has 3 heterocycles. The van der Waals surface area contributed by atoms with Crippen molar-refractivity contribution >= 4 is 56.3 Å². The van der Waals surface area contributed by atoms with Crippen molar-refractivity contribution in [1.29, 1.82) is 0 Å². The first-order valence-electron chi connectivity index (χ1n) is 8.46. The van der Waals surface area contributed by atoms with Crippen LogP contribution >= 0.6 is 23.1 Å². The van der Waals surface area contributed by atoms with Crippen molar-refractivity contribution in [3.05, 3.63) is 29.5 Å². The molecule has 10 heteroatoms. The van der Waals surface area contributed by atoms with E-state index in [1.54, 1.807) is 18.1 Å². The maximum absolute atomic E-state index is 7.07. The lowest BCUT2D eigenvalue weighted by atomic mass is 10.3. The molecule has 0 saturated heterocycles. The summed E-state index contributed by atoms with van der Waals surface area (Å²) in [5.41, 5.74) is 7.07. The number of thioether (sulfide) groups is 1. The van der Waals surface area contributed by atoms with Crippen LogP contribution in [0.5, 0.6) is 0 Å². The number of hydrogen-bond acceptors (Lipinski definition) is 9. The number of nitrogen functional groups attached to an aromatic ring is 1. The molecule has 0 spiro atoms. The predicted octanol–water partition coefficient (Wildman–Crippen LogP) is 4.52. The summed E-state index contributed by atoms with van der Waals surface area (Å²) in [5, 5.41) is 9.79. The second kappa shape index (κ2) is 10.5. The fourth-order valence-electron chi connectivity index (χ4n) is 2.20. The number of thiophene rings is 1. The zero-order valence-corrected chi connectivity index (χ0v) is 17.1. The van der Waals surface area contributed by atoms with Gasteiger partial charge in [-0.1, -0.05) is 6.92 Å². The number of nitrogens with two attached hydrogens (primary N) is 1. The van der Waals surface area contributed by atoms with E-state index in [0.29, 0.717) is 11.5 Å². The fraction of sp³-hybridized carbons (Fsp3) is 0.353. The smallest absolute Gasteiger partial charge is 0.259 e. The van der Waals surface area contributed by atoms with Gasteiger partial charge in [0.1, 0.15) is 34.1 Å². The van der Waals surface area contributed by atoms with Crippen molar-refractivity contribution in [3.8, 4) is 0 Å². The van der Waals surface area contributed by atoms with E-state index >= 15 is 0 Å². The van der Waals surface area contributed by atoms with Crippen LogP contribution in [-0.4, -0.2) is 38.8 Å². The van der Waals surface area contributed by atoms with Crippen LogP contribution in [0.4, 0.5) is 23.0 Å². The van der Waals surface area contributed by atoms with Gasteiger partial charge in [-0.15, -0.1) is 23.1 Å². The van der Waals surface area contributed by atoms with Crippen molar-refractivity contribution < 1.29 is 1.43 Å². The van der Waals surface area contributed by atoms with Gasteiger partial charge in [0.2, 0.25) is 0 Å². The second-order valence-corrected chi connectivity index (χ2v) is 7.19.